The molecule has 0 atom stereocenters. The Kier molecular flexibility index (Phi) is 6.31. The van der Waals surface area contributed by atoms with Crippen molar-refractivity contribution in [1.82, 2.24) is 10.3 Å². The monoisotopic (exact) mass is 271 g/mol. The van der Waals surface area contributed by atoms with Crippen LogP contribution in [0.15, 0.2) is 5.38 Å². The van der Waals surface area contributed by atoms with Gasteiger partial charge in [-0.1, -0.05) is 0 Å². The highest BCUT2D eigenvalue weighted by molar-refractivity contribution is 7.09. The van der Waals surface area contributed by atoms with Crippen LogP contribution in [0.3, 0.4) is 0 Å². The summed E-state index contributed by atoms with van der Waals surface area (Å²) in [6, 6.07) is 0. The molecule has 18 heavy (non-hydrogen) atoms. The smallest absolute Gasteiger partial charge is 0.305 e. The van der Waals surface area contributed by atoms with Gasteiger partial charge in [0.2, 0.25) is 0 Å². The summed E-state index contributed by atoms with van der Waals surface area (Å²) in [7, 11) is 1.34. The van der Waals surface area contributed by atoms with Gasteiger partial charge in [0, 0.05) is 24.8 Å². The topological polar surface area (TPSA) is 94.3 Å². The number of hydrogen-bond donors (Lipinski definition) is 2. The van der Waals surface area contributed by atoms with Gasteiger partial charge in [0.25, 0.3) is 5.91 Å². The summed E-state index contributed by atoms with van der Waals surface area (Å²) < 4.78 is 4.50. The molecule has 1 amide bonds. The van der Waals surface area contributed by atoms with Gasteiger partial charge >= 0.3 is 5.97 Å². The van der Waals surface area contributed by atoms with Gasteiger partial charge in [-0.25, -0.2) is 4.98 Å². The molecule has 0 saturated heterocycles. The lowest BCUT2D eigenvalue weighted by molar-refractivity contribution is -0.140. The van der Waals surface area contributed by atoms with E-state index in [9.17, 15) is 9.59 Å². The van der Waals surface area contributed by atoms with Crippen molar-refractivity contribution in [2.75, 3.05) is 20.2 Å². The molecule has 0 saturated carbocycles. The van der Waals surface area contributed by atoms with Crippen LogP contribution < -0.4 is 11.1 Å². The lowest BCUT2D eigenvalue weighted by Gasteiger charge is -2.02. The number of nitrogens with zero attached hydrogens (tertiary/aromatic N) is 1. The van der Waals surface area contributed by atoms with E-state index in [1.54, 1.807) is 5.38 Å². The standard InChI is InChI=1S/C11H17N3O3S/c1-17-10(15)3-2-6-13-11(16)8-7-18-9(14-8)4-5-12/h7H,2-6,12H2,1H3,(H,13,16). The second kappa shape index (κ2) is 7.78. The zero-order valence-electron chi connectivity index (χ0n) is 10.3. The van der Waals surface area contributed by atoms with Crippen molar-refractivity contribution in [3.05, 3.63) is 16.1 Å². The zero-order valence-corrected chi connectivity index (χ0v) is 11.1. The molecular weight excluding hydrogens is 254 g/mol. The summed E-state index contributed by atoms with van der Waals surface area (Å²) in [5, 5.41) is 5.27. The maximum absolute atomic E-state index is 11.7. The number of hydrogen-bond acceptors (Lipinski definition) is 6. The lowest BCUT2D eigenvalue weighted by Crippen LogP contribution is -2.25. The first-order valence-corrected chi connectivity index (χ1v) is 6.54. The average molecular weight is 271 g/mol. The van der Waals surface area contributed by atoms with Gasteiger partial charge in [0.15, 0.2) is 0 Å². The summed E-state index contributed by atoms with van der Waals surface area (Å²) in [6.07, 6.45) is 1.53. The van der Waals surface area contributed by atoms with Crippen molar-refractivity contribution in [3.63, 3.8) is 0 Å². The maximum Gasteiger partial charge on any atom is 0.305 e. The quantitative estimate of drug-likeness (QED) is 0.550. The minimum Gasteiger partial charge on any atom is -0.469 e. The fourth-order valence-corrected chi connectivity index (χ4v) is 2.07. The van der Waals surface area contributed by atoms with Crippen molar-refractivity contribution in [1.29, 1.82) is 0 Å². The number of ether oxygens (including phenoxy) is 1. The van der Waals surface area contributed by atoms with E-state index in [0.29, 0.717) is 38.0 Å². The highest BCUT2D eigenvalue weighted by Crippen LogP contribution is 2.09. The van der Waals surface area contributed by atoms with Gasteiger partial charge in [-0.2, -0.15) is 0 Å². The Labute approximate surface area is 110 Å². The van der Waals surface area contributed by atoms with Crippen molar-refractivity contribution >= 4 is 23.2 Å². The minimum atomic E-state index is -0.275. The number of thiazole rings is 1. The van der Waals surface area contributed by atoms with Crippen molar-refractivity contribution in [3.8, 4) is 0 Å². The van der Waals surface area contributed by atoms with Gasteiger partial charge < -0.3 is 15.8 Å². The largest absolute Gasteiger partial charge is 0.469 e. The number of amides is 1. The molecule has 1 aromatic heterocycles. The molecule has 0 radical (unpaired) electrons. The third-order valence-corrected chi connectivity index (χ3v) is 3.12. The van der Waals surface area contributed by atoms with Gasteiger partial charge in [0.05, 0.1) is 12.1 Å². The third kappa shape index (κ3) is 4.80. The molecule has 1 rings (SSSR count). The molecule has 0 aliphatic heterocycles. The van der Waals surface area contributed by atoms with E-state index in [0.717, 1.165) is 5.01 Å². The number of carbonyl (C=O) groups is 2. The highest BCUT2D eigenvalue weighted by Gasteiger charge is 2.10. The van der Waals surface area contributed by atoms with E-state index in [1.165, 1.54) is 18.4 Å². The van der Waals surface area contributed by atoms with Crippen LogP contribution in [0, 0.1) is 0 Å². The lowest BCUT2D eigenvalue weighted by atomic mass is 10.3. The van der Waals surface area contributed by atoms with Crippen LogP contribution in [-0.2, 0) is 16.0 Å². The van der Waals surface area contributed by atoms with Crippen molar-refractivity contribution < 1.29 is 14.3 Å². The molecule has 1 aromatic rings. The molecule has 0 spiro atoms. The van der Waals surface area contributed by atoms with Crippen LogP contribution in [0.4, 0.5) is 0 Å². The Hall–Kier alpha value is -1.47. The van der Waals surface area contributed by atoms with Crippen LogP contribution in [0.25, 0.3) is 0 Å². The van der Waals surface area contributed by atoms with Crippen molar-refractivity contribution in [2.24, 2.45) is 5.73 Å². The minimum absolute atomic E-state index is 0.223. The number of carbonyl (C=O) groups excluding carboxylic acids is 2. The molecule has 3 N–H and O–H groups in total. The molecular formula is C11H17N3O3S. The van der Waals surface area contributed by atoms with Gasteiger partial charge in [0.1, 0.15) is 5.69 Å². The number of nitrogens with two attached hydrogens (primary N) is 1. The molecule has 7 heteroatoms. The Morgan fingerprint density at radius 3 is 3.00 bits per heavy atom. The molecule has 100 valence electrons. The Bertz CT molecular complexity index is 406. The summed E-state index contributed by atoms with van der Waals surface area (Å²) >= 11 is 1.42. The predicted octanol–water partition coefficient (Wildman–Crippen LogP) is 0.327. The average Bonchev–Trinajstić information content (AvgIpc) is 2.83. The second-order valence-corrected chi connectivity index (χ2v) is 4.54. The molecule has 6 nitrogen and oxygen atoms in total. The SMILES string of the molecule is COC(=O)CCCNC(=O)c1csc(CCN)n1. The number of esters is 1. The number of nitrogens with one attached hydrogen (secondary N) is 1. The second-order valence-electron chi connectivity index (χ2n) is 3.60. The first-order chi connectivity index (χ1) is 8.67. The van der Waals surface area contributed by atoms with E-state index >= 15 is 0 Å². The van der Waals surface area contributed by atoms with E-state index in [2.05, 4.69) is 15.0 Å². The predicted molar refractivity (Wildman–Crippen MR) is 68.5 cm³/mol. The van der Waals surface area contributed by atoms with Crippen LogP contribution in [0.1, 0.15) is 28.3 Å². The molecule has 0 bridgehead atoms. The van der Waals surface area contributed by atoms with Crippen molar-refractivity contribution in [2.45, 2.75) is 19.3 Å². The normalized spacial score (nSPS) is 10.1. The summed E-state index contributed by atoms with van der Waals surface area (Å²) in [5.74, 6) is -0.498. The summed E-state index contributed by atoms with van der Waals surface area (Å²) in [5.41, 5.74) is 5.81. The Morgan fingerprint density at radius 2 is 2.33 bits per heavy atom. The van der Waals surface area contributed by atoms with E-state index < -0.39 is 0 Å². The molecule has 0 fully saturated rings. The van der Waals surface area contributed by atoms with Crippen LogP contribution in [-0.4, -0.2) is 37.1 Å². The fraction of sp³-hybridized carbons (Fsp3) is 0.545. The third-order valence-electron chi connectivity index (χ3n) is 2.21. The highest BCUT2D eigenvalue weighted by atomic mass is 32.1. The first kappa shape index (κ1) is 14.6. The van der Waals surface area contributed by atoms with Gasteiger partial charge in [-0.15, -0.1) is 11.3 Å². The van der Waals surface area contributed by atoms with Crippen LogP contribution in [0.5, 0.6) is 0 Å². The molecule has 1 heterocycles. The summed E-state index contributed by atoms with van der Waals surface area (Å²) in [4.78, 5) is 26.7. The molecule has 0 aromatic carbocycles. The van der Waals surface area contributed by atoms with E-state index in [-0.39, 0.29) is 11.9 Å². The van der Waals surface area contributed by atoms with Gasteiger partial charge in [-0.05, 0) is 13.0 Å². The zero-order chi connectivity index (χ0) is 13.4. The summed E-state index contributed by atoms with van der Waals surface area (Å²) in [6.45, 7) is 0.950. The Morgan fingerprint density at radius 1 is 1.56 bits per heavy atom. The molecule has 0 aliphatic rings. The fourth-order valence-electron chi connectivity index (χ4n) is 1.28. The van der Waals surface area contributed by atoms with Crippen LogP contribution in [0.2, 0.25) is 0 Å². The molecule has 0 aliphatic carbocycles. The van der Waals surface area contributed by atoms with E-state index in [1.807, 2.05) is 0 Å². The van der Waals surface area contributed by atoms with Gasteiger partial charge in [-0.3, -0.25) is 9.59 Å². The van der Waals surface area contributed by atoms with Crippen LogP contribution >= 0.6 is 11.3 Å². The Balaban J connectivity index is 2.29. The number of rotatable bonds is 7. The molecule has 0 unspecified atom stereocenters. The van der Waals surface area contributed by atoms with E-state index in [4.69, 9.17) is 5.73 Å². The number of aromatic nitrogens is 1. The first-order valence-electron chi connectivity index (χ1n) is 5.67. The number of methoxy groups -OCH3 is 1. The maximum atomic E-state index is 11.7.